The summed E-state index contributed by atoms with van der Waals surface area (Å²) in [6.07, 6.45) is -2.24. The van der Waals surface area contributed by atoms with Crippen LogP contribution in [0.5, 0.6) is 0 Å². The summed E-state index contributed by atoms with van der Waals surface area (Å²) >= 11 is 0. The lowest BCUT2D eigenvalue weighted by molar-refractivity contribution is -0.141. The third-order valence-electron chi connectivity index (χ3n) is 4.54. The van der Waals surface area contributed by atoms with Gasteiger partial charge in [-0.15, -0.1) is 10.2 Å². The summed E-state index contributed by atoms with van der Waals surface area (Å²) in [5.74, 6) is 1.10. The first kappa shape index (κ1) is 16.0. The zero-order valence-corrected chi connectivity index (χ0v) is 13.3. The van der Waals surface area contributed by atoms with E-state index in [1.54, 1.807) is 12.1 Å². The van der Waals surface area contributed by atoms with E-state index in [1.807, 2.05) is 4.90 Å². The van der Waals surface area contributed by atoms with Crippen LogP contribution in [-0.2, 0) is 12.7 Å². The number of halogens is 3. The first-order valence-electron chi connectivity index (χ1n) is 8.14. The summed E-state index contributed by atoms with van der Waals surface area (Å²) in [6.45, 7) is 1.73. The number of alkyl halides is 3. The van der Waals surface area contributed by atoms with Crippen LogP contribution in [0.4, 0.5) is 19.0 Å². The Balaban J connectivity index is 1.38. The van der Waals surface area contributed by atoms with E-state index in [2.05, 4.69) is 15.3 Å². The molecule has 1 aliphatic heterocycles. The van der Waals surface area contributed by atoms with Gasteiger partial charge in [0.2, 0.25) is 0 Å². The van der Waals surface area contributed by atoms with Gasteiger partial charge in [-0.25, -0.2) is 4.68 Å². The summed E-state index contributed by atoms with van der Waals surface area (Å²) in [5.41, 5.74) is -0.164. The van der Waals surface area contributed by atoms with Crippen LogP contribution in [0.1, 0.15) is 30.1 Å². The van der Waals surface area contributed by atoms with Crippen LogP contribution in [0.3, 0.4) is 0 Å². The number of nitrogens with zero attached hydrogens (tertiary/aromatic N) is 5. The highest BCUT2D eigenvalue weighted by Gasteiger charge is 2.34. The highest BCUT2D eigenvalue weighted by atomic mass is 19.4. The summed E-state index contributed by atoms with van der Waals surface area (Å²) in [6, 6.07) is 5.60. The minimum Gasteiger partial charge on any atom is -0.354 e. The Morgan fingerprint density at radius 1 is 1.08 bits per heavy atom. The van der Waals surface area contributed by atoms with Crippen molar-refractivity contribution in [3.05, 3.63) is 46.0 Å². The third kappa shape index (κ3) is 3.35. The van der Waals surface area contributed by atoms with Crippen LogP contribution in [0, 0.1) is 5.92 Å². The molecule has 0 unspecified atom stereocenters. The van der Waals surface area contributed by atoms with Gasteiger partial charge in [0.05, 0.1) is 12.2 Å². The maximum Gasteiger partial charge on any atom is 0.435 e. The van der Waals surface area contributed by atoms with Crippen molar-refractivity contribution in [3.63, 3.8) is 0 Å². The van der Waals surface area contributed by atoms with Crippen LogP contribution in [0.25, 0.3) is 0 Å². The van der Waals surface area contributed by atoms with Gasteiger partial charge >= 0.3 is 6.18 Å². The molecule has 0 radical (unpaired) electrons. The third-order valence-corrected chi connectivity index (χ3v) is 4.54. The Bertz CT molecular complexity index is 823. The second-order valence-corrected chi connectivity index (χ2v) is 6.60. The van der Waals surface area contributed by atoms with Gasteiger partial charge in [-0.05, 0) is 31.0 Å². The highest BCUT2D eigenvalue weighted by molar-refractivity contribution is 5.40. The van der Waals surface area contributed by atoms with Gasteiger partial charge in [0.15, 0.2) is 11.5 Å². The van der Waals surface area contributed by atoms with E-state index in [9.17, 15) is 18.0 Å². The van der Waals surface area contributed by atoms with Crippen molar-refractivity contribution < 1.29 is 13.2 Å². The lowest BCUT2D eigenvalue weighted by Gasteiger charge is -2.39. The minimum absolute atomic E-state index is 0.128. The molecule has 1 saturated heterocycles. The smallest absolute Gasteiger partial charge is 0.354 e. The Morgan fingerprint density at radius 2 is 1.84 bits per heavy atom. The number of hydrogen-bond acceptors (Lipinski definition) is 5. The van der Waals surface area contributed by atoms with Crippen LogP contribution < -0.4 is 10.5 Å². The van der Waals surface area contributed by atoms with E-state index in [-0.39, 0.29) is 11.5 Å². The lowest BCUT2D eigenvalue weighted by Crippen LogP contribution is -2.50. The van der Waals surface area contributed by atoms with Crippen molar-refractivity contribution in [1.29, 1.82) is 0 Å². The van der Waals surface area contributed by atoms with E-state index in [0.717, 1.165) is 24.6 Å². The molecule has 0 aromatic carbocycles. The number of rotatable bonds is 4. The molecular weight excluding hydrogens is 335 g/mol. The second kappa shape index (κ2) is 5.82. The molecule has 25 heavy (non-hydrogen) atoms. The molecule has 6 nitrogen and oxygen atoms in total. The molecule has 4 rings (SSSR count). The molecule has 1 saturated carbocycles. The van der Waals surface area contributed by atoms with Gasteiger partial charge in [-0.2, -0.15) is 18.3 Å². The molecule has 0 spiro atoms. The summed E-state index contributed by atoms with van der Waals surface area (Å²) in [7, 11) is 0. The fourth-order valence-corrected chi connectivity index (χ4v) is 2.95. The van der Waals surface area contributed by atoms with Crippen molar-refractivity contribution in [3.8, 4) is 0 Å². The summed E-state index contributed by atoms with van der Waals surface area (Å²) < 4.78 is 39.0. The standard InChI is InChI=1S/C16H16F3N5O/c17-16(18,19)13-4-5-14(21-20-13)23-7-10(8-23)9-24-15(25)6-3-12(22-24)11-1-2-11/h3-6,10-11H,1-2,7-9H2. The van der Waals surface area contributed by atoms with Crippen LogP contribution in [-0.4, -0.2) is 33.1 Å². The van der Waals surface area contributed by atoms with E-state index in [4.69, 9.17) is 0 Å². The van der Waals surface area contributed by atoms with Crippen molar-refractivity contribution in [2.24, 2.45) is 5.92 Å². The molecule has 1 aliphatic carbocycles. The van der Waals surface area contributed by atoms with Gasteiger partial charge in [-0.3, -0.25) is 4.79 Å². The molecule has 132 valence electrons. The molecule has 0 bridgehead atoms. The number of hydrogen-bond donors (Lipinski definition) is 0. The van der Waals surface area contributed by atoms with E-state index < -0.39 is 11.9 Å². The van der Waals surface area contributed by atoms with Gasteiger partial charge in [0.25, 0.3) is 5.56 Å². The number of aromatic nitrogens is 4. The van der Waals surface area contributed by atoms with Gasteiger partial charge in [-0.1, -0.05) is 0 Å². The van der Waals surface area contributed by atoms with Crippen molar-refractivity contribution in [2.45, 2.75) is 31.5 Å². The van der Waals surface area contributed by atoms with Crippen LogP contribution >= 0.6 is 0 Å². The van der Waals surface area contributed by atoms with E-state index in [0.29, 0.717) is 31.4 Å². The summed E-state index contributed by atoms with van der Waals surface area (Å²) in [5, 5.41) is 11.3. The molecule has 0 amide bonds. The first-order valence-corrected chi connectivity index (χ1v) is 8.14. The lowest BCUT2D eigenvalue weighted by atomic mass is 10.0. The molecule has 0 atom stereocenters. The average Bonchev–Trinajstić information content (AvgIpc) is 3.36. The van der Waals surface area contributed by atoms with E-state index in [1.165, 1.54) is 10.7 Å². The zero-order chi connectivity index (χ0) is 17.6. The normalized spacial score (nSPS) is 18.3. The molecule has 2 fully saturated rings. The quantitative estimate of drug-likeness (QED) is 0.844. The molecular formula is C16H16F3N5O. The SMILES string of the molecule is O=c1ccc(C2CC2)nn1CC1CN(c2ccc(C(F)(F)F)nn2)C1. The Morgan fingerprint density at radius 3 is 2.44 bits per heavy atom. The average molecular weight is 351 g/mol. The van der Waals surface area contributed by atoms with Crippen molar-refractivity contribution in [1.82, 2.24) is 20.0 Å². The van der Waals surface area contributed by atoms with Gasteiger partial charge < -0.3 is 4.90 Å². The van der Waals surface area contributed by atoms with Crippen molar-refractivity contribution in [2.75, 3.05) is 18.0 Å². The van der Waals surface area contributed by atoms with E-state index >= 15 is 0 Å². The maximum absolute atomic E-state index is 12.5. The fraction of sp³-hybridized carbons (Fsp3) is 0.500. The predicted octanol–water partition coefficient (Wildman–Crippen LogP) is 2.07. The Labute approximate surface area is 141 Å². The van der Waals surface area contributed by atoms with Crippen molar-refractivity contribution >= 4 is 5.82 Å². The first-order chi connectivity index (χ1) is 11.9. The minimum atomic E-state index is -4.48. The van der Waals surface area contributed by atoms with Crippen LogP contribution in [0.2, 0.25) is 0 Å². The Kier molecular flexibility index (Phi) is 3.73. The number of anilines is 1. The second-order valence-electron chi connectivity index (χ2n) is 6.60. The highest BCUT2D eigenvalue weighted by Crippen LogP contribution is 2.38. The fourth-order valence-electron chi connectivity index (χ4n) is 2.95. The maximum atomic E-state index is 12.5. The molecule has 9 heteroatoms. The molecule has 2 aromatic heterocycles. The molecule has 3 heterocycles. The largest absolute Gasteiger partial charge is 0.435 e. The molecule has 0 N–H and O–H groups in total. The monoisotopic (exact) mass is 351 g/mol. The van der Waals surface area contributed by atoms with Gasteiger partial charge in [0, 0.05) is 31.0 Å². The zero-order valence-electron chi connectivity index (χ0n) is 13.3. The Hall–Kier alpha value is -2.45. The molecule has 2 aliphatic rings. The van der Waals surface area contributed by atoms with Crippen LogP contribution in [0.15, 0.2) is 29.1 Å². The summed E-state index contributed by atoms with van der Waals surface area (Å²) in [4.78, 5) is 13.8. The topological polar surface area (TPSA) is 63.9 Å². The predicted molar refractivity (Wildman–Crippen MR) is 83.2 cm³/mol. The van der Waals surface area contributed by atoms with Gasteiger partial charge in [0.1, 0.15) is 0 Å². The molecule has 2 aromatic rings.